The summed E-state index contributed by atoms with van der Waals surface area (Å²) in [7, 11) is 6.09. The van der Waals surface area contributed by atoms with Crippen LogP contribution < -0.4 is 10.1 Å². The minimum atomic E-state index is 0.245. The van der Waals surface area contributed by atoms with E-state index >= 15 is 0 Å². The van der Waals surface area contributed by atoms with E-state index in [-0.39, 0.29) is 6.17 Å². The average Bonchev–Trinajstić information content (AvgIpc) is 2.22. The Bertz CT molecular complexity index is 337. The zero-order valence-electron chi connectivity index (χ0n) is 10.9. The zero-order chi connectivity index (χ0) is 12.1. The number of nitrogens with zero attached hydrogens (tertiary/aromatic N) is 1. The molecule has 3 nitrogen and oxygen atoms in total. The lowest BCUT2D eigenvalue weighted by molar-refractivity contribution is 0.264. The number of nitrogens with one attached hydrogen (secondary N) is 1. The Balaban J connectivity index is 2.95. The lowest BCUT2D eigenvalue weighted by atomic mass is 10.1. The van der Waals surface area contributed by atoms with E-state index in [4.69, 9.17) is 4.74 Å². The van der Waals surface area contributed by atoms with E-state index < -0.39 is 0 Å². The maximum absolute atomic E-state index is 5.53. The highest BCUT2D eigenvalue weighted by molar-refractivity contribution is 5.37. The molecule has 0 aliphatic carbocycles. The quantitative estimate of drug-likeness (QED) is 0.773. The highest BCUT2D eigenvalue weighted by Gasteiger charge is 2.12. The van der Waals surface area contributed by atoms with Gasteiger partial charge in [0.05, 0.1) is 12.8 Å². The van der Waals surface area contributed by atoms with Crippen molar-refractivity contribution in [2.24, 2.45) is 0 Å². The lowest BCUT2D eigenvalue weighted by Gasteiger charge is -2.24. The standard InChI is InChI=1S/C13H22N2O/c1-6-16-12-8-7-11(9-10(12)2)13(14-3)15(4)5/h7-9,13-14H,6H2,1-5H3. The predicted octanol–water partition coefficient (Wildman–Crippen LogP) is 2.17. The van der Waals surface area contributed by atoms with Gasteiger partial charge in [0.1, 0.15) is 5.75 Å². The van der Waals surface area contributed by atoms with Crippen LogP contribution in [0.4, 0.5) is 0 Å². The molecular weight excluding hydrogens is 200 g/mol. The number of benzene rings is 1. The molecule has 1 aromatic carbocycles. The molecule has 0 saturated carbocycles. The van der Waals surface area contributed by atoms with Crippen molar-refractivity contribution in [1.29, 1.82) is 0 Å². The van der Waals surface area contributed by atoms with Crippen molar-refractivity contribution < 1.29 is 4.74 Å². The third-order valence-corrected chi connectivity index (χ3v) is 2.60. The number of hydrogen-bond acceptors (Lipinski definition) is 3. The molecule has 1 unspecified atom stereocenters. The number of ether oxygens (including phenoxy) is 1. The normalized spacial score (nSPS) is 12.9. The molecule has 1 aromatic rings. The van der Waals surface area contributed by atoms with Crippen LogP contribution in [-0.4, -0.2) is 32.6 Å². The van der Waals surface area contributed by atoms with Crippen LogP contribution in [0.15, 0.2) is 18.2 Å². The summed E-state index contributed by atoms with van der Waals surface area (Å²) in [6, 6.07) is 6.33. The Hall–Kier alpha value is -1.06. The predicted molar refractivity (Wildman–Crippen MR) is 67.8 cm³/mol. The van der Waals surface area contributed by atoms with Crippen LogP contribution in [0.1, 0.15) is 24.2 Å². The van der Waals surface area contributed by atoms with Crippen LogP contribution in [0.5, 0.6) is 5.75 Å². The van der Waals surface area contributed by atoms with Gasteiger partial charge in [0.2, 0.25) is 0 Å². The van der Waals surface area contributed by atoms with Crippen LogP contribution in [0, 0.1) is 6.92 Å². The van der Waals surface area contributed by atoms with Gasteiger partial charge >= 0.3 is 0 Å². The fraction of sp³-hybridized carbons (Fsp3) is 0.538. The molecule has 0 aliphatic heterocycles. The number of rotatable bonds is 5. The molecule has 0 radical (unpaired) electrons. The Morgan fingerprint density at radius 1 is 1.38 bits per heavy atom. The van der Waals surface area contributed by atoms with Crippen LogP contribution in [0.25, 0.3) is 0 Å². The molecule has 0 amide bonds. The first-order chi connectivity index (χ1) is 7.60. The summed E-state index contributed by atoms with van der Waals surface area (Å²) in [5.74, 6) is 0.972. The van der Waals surface area contributed by atoms with Gasteiger partial charge in [-0.15, -0.1) is 0 Å². The Kier molecular flexibility index (Phi) is 4.77. The molecule has 0 aliphatic rings. The van der Waals surface area contributed by atoms with E-state index in [1.165, 1.54) is 11.1 Å². The Morgan fingerprint density at radius 2 is 2.06 bits per heavy atom. The van der Waals surface area contributed by atoms with Crippen LogP contribution in [0.3, 0.4) is 0 Å². The van der Waals surface area contributed by atoms with Gasteiger partial charge in [0, 0.05) is 0 Å². The highest BCUT2D eigenvalue weighted by atomic mass is 16.5. The average molecular weight is 222 g/mol. The second-order valence-electron chi connectivity index (χ2n) is 4.11. The second kappa shape index (κ2) is 5.87. The SMILES string of the molecule is CCOc1ccc(C(NC)N(C)C)cc1C. The largest absolute Gasteiger partial charge is 0.494 e. The molecule has 0 bridgehead atoms. The smallest absolute Gasteiger partial charge is 0.122 e. The zero-order valence-corrected chi connectivity index (χ0v) is 10.9. The van der Waals surface area contributed by atoms with Gasteiger partial charge in [0.25, 0.3) is 0 Å². The summed E-state index contributed by atoms with van der Waals surface area (Å²) >= 11 is 0. The maximum Gasteiger partial charge on any atom is 0.122 e. The molecule has 0 aromatic heterocycles. The van der Waals surface area contributed by atoms with E-state index in [1.54, 1.807) is 0 Å². The van der Waals surface area contributed by atoms with E-state index in [9.17, 15) is 0 Å². The lowest BCUT2D eigenvalue weighted by Crippen LogP contribution is -2.30. The minimum absolute atomic E-state index is 0.245. The Labute approximate surface area is 98.4 Å². The van der Waals surface area contributed by atoms with Crippen LogP contribution in [0.2, 0.25) is 0 Å². The summed E-state index contributed by atoms with van der Waals surface area (Å²) < 4.78 is 5.53. The highest BCUT2D eigenvalue weighted by Crippen LogP contribution is 2.23. The van der Waals surface area contributed by atoms with Crippen molar-refractivity contribution in [1.82, 2.24) is 10.2 Å². The molecule has 1 rings (SSSR count). The fourth-order valence-electron chi connectivity index (χ4n) is 1.88. The fourth-order valence-corrected chi connectivity index (χ4v) is 1.88. The van der Waals surface area contributed by atoms with E-state index in [0.717, 1.165) is 5.75 Å². The molecule has 3 heteroatoms. The van der Waals surface area contributed by atoms with Gasteiger partial charge in [-0.3, -0.25) is 4.90 Å². The summed E-state index contributed by atoms with van der Waals surface area (Å²) in [5.41, 5.74) is 2.44. The molecular formula is C13H22N2O. The van der Waals surface area contributed by atoms with Gasteiger partial charge in [-0.2, -0.15) is 0 Å². The number of hydrogen-bond donors (Lipinski definition) is 1. The molecule has 0 heterocycles. The monoisotopic (exact) mass is 222 g/mol. The number of aryl methyl sites for hydroxylation is 1. The first kappa shape index (κ1) is 13.0. The second-order valence-corrected chi connectivity index (χ2v) is 4.11. The van der Waals surface area contributed by atoms with Crippen LogP contribution >= 0.6 is 0 Å². The van der Waals surface area contributed by atoms with Crippen molar-refractivity contribution >= 4 is 0 Å². The van der Waals surface area contributed by atoms with E-state index in [1.807, 2.05) is 20.0 Å². The molecule has 1 N–H and O–H groups in total. The van der Waals surface area contributed by atoms with Crippen molar-refractivity contribution in [3.63, 3.8) is 0 Å². The first-order valence-corrected chi connectivity index (χ1v) is 5.67. The van der Waals surface area contributed by atoms with Gasteiger partial charge in [-0.05, 0) is 58.3 Å². The third kappa shape index (κ3) is 2.97. The molecule has 0 spiro atoms. The van der Waals surface area contributed by atoms with Gasteiger partial charge in [-0.1, -0.05) is 6.07 Å². The topological polar surface area (TPSA) is 24.5 Å². The van der Waals surface area contributed by atoms with Crippen molar-refractivity contribution in [3.8, 4) is 5.75 Å². The molecule has 1 atom stereocenters. The first-order valence-electron chi connectivity index (χ1n) is 5.67. The summed E-state index contributed by atoms with van der Waals surface area (Å²) in [5, 5.41) is 3.28. The minimum Gasteiger partial charge on any atom is -0.494 e. The van der Waals surface area contributed by atoms with Gasteiger partial charge < -0.3 is 10.1 Å². The summed E-state index contributed by atoms with van der Waals surface area (Å²) in [4.78, 5) is 2.15. The van der Waals surface area contributed by atoms with Crippen LogP contribution in [-0.2, 0) is 0 Å². The summed E-state index contributed by atoms with van der Waals surface area (Å²) in [6.45, 7) is 4.80. The third-order valence-electron chi connectivity index (χ3n) is 2.60. The van der Waals surface area contributed by atoms with E-state index in [0.29, 0.717) is 6.61 Å². The van der Waals surface area contributed by atoms with Crippen molar-refractivity contribution in [3.05, 3.63) is 29.3 Å². The molecule has 16 heavy (non-hydrogen) atoms. The van der Waals surface area contributed by atoms with Crippen molar-refractivity contribution in [2.75, 3.05) is 27.7 Å². The molecule has 0 fully saturated rings. The summed E-state index contributed by atoms with van der Waals surface area (Å²) in [6.07, 6.45) is 0.245. The maximum atomic E-state index is 5.53. The van der Waals surface area contributed by atoms with E-state index in [2.05, 4.69) is 43.4 Å². The molecule has 0 saturated heterocycles. The van der Waals surface area contributed by atoms with Crippen molar-refractivity contribution in [2.45, 2.75) is 20.0 Å². The van der Waals surface area contributed by atoms with Gasteiger partial charge in [-0.25, -0.2) is 0 Å². The van der Waals surface area contributed by atoms with Gasteiger partial charge in [0.15, 0.2) is 0 Å². The Morgan fingerprint density at radius 3 is 2.50 bits per heavy atom. The molecule has 90 valence electrons.